The number of carbonyl (C=O) groups excluding carboxylic acids is 2. The highest BCUT2D eigenvalue weighted by Crippen LogP contribution is 2.35. The van der Waals surface area contributed by atoms with Gasteiger partial charge in [-0.05, 0) is 78.2 Å². The normalized spacial score (nSPS) is 22.9. The Morgan fingerprint density at radius 3 is 2.58 bits per heavy atom. The van der Waals surface area contributed by atoms with Gasteiger partial charge in [-0.2, -0.15) is 0 Å². The van der Waals surface area contributed by atoms with Gasteiger partial charge in [-0.15, -0.1) is 11.3 Å². The first-order chi connectivity index (χ1) is 17.0. The number of carbonyl (C=O) groups is 3. The zero-order valence-electron chi connectivity index (χ0n) is 22.2. The van der Waals surface area contributed by atoms with Gasteiger partial charge in [-0.25, -0.2) is 4.79 Å². The van der Waals surface area contributed by atoms with E-state index in [1.54, 1.807) is 6.07 Å². The maximum Gasteiger partial charge on any atom is 0.348 e. The number of ether oxygens (including phenoxy) is 1. The number of rotatable bonds is 6. The van der Waals surface area contributed by atoms with E-state index >= 15 is 0 Å². The second-order valence-corrected chi connectivity index (χ2v) is 12.2. The van der Waals surface area contributed by atoms with E-state index in [1.807, 2.05) is 20.8 Å². The number of Topliss-reactive ketones (excluding diaryl/α,β-unsaturated/α-hetero) is 1. The largest absolute Gasteiger partial charge is 0.477 e. The first kappa shape index (κ1) is 28.1. The fourth-order valence-electron chi connectivity index (χ4n) is 4.75. The Morgan fingerprint density at radius 2 is 1.94 bits per heavy atom. The van der Waals surface area contributed by atoms with Crippen LogP contribution in [0.4, 0.5) is 5.69 Å². The number of hydrogen-bond acceptors (Lipinski definition) is 5. The zero-order chi connectivity index (χ0) is 26.5. The van der Waals surface area contributed by atoms with E-state index in [0.717, 1.165) is 30.6 Å². The molecule has 3 rings (SSSR count). The number of allylic oxidation sites excluding steroid dienone is 2. The summed E-state index contributed by atoms with van der Waals surface area (Å²) in [6, 6.07) is 1.68. The Bertz CT molecular complexity index is 1070. The van der Waals surface area contributed by atoms with Crippen molar-refractivity contribution < 1.29 is 24.2 Å². The molecule has 0 saturated carbocycles. The van der Waals surface area contributed by atoms with E-state index in [0.29, 0.717) is 37.4 Å². The molecule has 1 fully saturated rings. The van der Waals surface area contributed by atoms with Gasteiger partial charge in [0.25, 0.3) is 0 Å². The van der Waals surface area contributed by atoms with Crippen LogP contribution in [0.1, 0.15) is 87.7 Å². The Morgan fingerprint density at radius 1 is 1.19 bits per heavy atom. The first-order valence-corrected chi connectivity index (χ1v) is 13.8. The summed E-state index contributed by atoms with van der Waals surface area (Å²) in [6.45, 7) is 11.2. The van der Waals surface area contributed by atoms with Crippen molar-refractivity contribution in [1.82, 2.24) is 0 Å². The van der Waals surface area contributed by atoms with Crippen LogP contribution in [-0.4, -0.2) is 42.5 Å². The van der Waals surface area contributed by atoms with Crippen LogP contribution in [0, 0.1) is 35.0 Å². The number of aromatic carboxylic acids is 1. The Labute approximate surface area is 219 Å². The summed E-state index contributed by atoms with van der Waals surface area (Å²) in [5, 5.41) is 9.99. The standard InChI is InChI=1S/C29H39NO5S/c1-19-8-10-21(11-9-19)27(32)30(18-25(31)23-7-6-15-35-16-13-20(23)2)24-17-22(12-14-29(3,4)5)36-26(24)28(33)34/h8,17,20-21,23H,6-7,9-11,13,15-16,18H2,1-5H3,(H,33,34). The summed E-state index contributed by atoms with van der Waals surface area (Å²) in [6.07, 6.45) is 6.52. The van der Waals surface area contributed by atoms with Gasteiger partial charge in [0.05, 0.1) is 17.1 Å². The van der Waals surface area contributed by atoms with Gasteiger partial charge >= 0.3 is 5.97 Å². The molecule has 1 aliphatic heterocycles. The number of carboxylic acid groups (broad SMARTS) is 1. The van der Waals surface area contributed by atoms with Crippen LogP contribution in [0.3, 0.4) is 0 Å². The second kappa shape index (κ2) is 12.2. The predicted molar refractivity (Wildman–Crippen MR) is 143 cm³/mol. The Kier molecular flexibility index (Phi) is 9.54. The van der Waals surface area contributed by atoms with Crippen molar-refractivity contribution in [1.29, 1.82) is 0 Å². The van der Waals surface area contributed by atoms with Crippen molar-refractivity contribution in [2.75, 3.05) is 24.7 Å². The zero-order valence-corrected chi connectivity index (χ0v) is 23.0. The molecular formula is C29H39NO5S. The van der Waals surface area contributed by atoms with E-state index in [9.17, 15) is 19.5 Å². The molecule has 0 radical (unpaired) electrons. The molecule has 1 N–H and O–H groups in total. The predicted octanol–water partition coefficient (Wildman–Crippen LogP) is 5.95. The van der Waals surface area contributed by atoms with Crippen LogP contribution in [0.5, 0.6) is 0 Å². The lowest BCUT2D eigenvalue weighted by molar-refractivity contribution is -0.128. The van der Waals surface area contributed by atoms with Gasteiger partial charge < -0.3 is 14.7 Å². The Hall–Kier alpha value is -2.43. The fourth-order valence-corrected chi connectivity index (χ4v) is 5.60. The quantitative estimate of drug-likeness (QED) is 0.376. The van der Waals surface area contributed by atoms with E-state index < -0.39 is 5.97 Å². The molecule has 196 valence electrons. The van der Waals surface area contributed by atoms with Gasteiger partial charge in [0.15, 0.2) is 5.78 Å². The molecule has 36 heavy (non-hydrogen) atoms. The van der Waals surface area contributed by atoms with Crippen LogP contribution in [0.25, 0.3) is 0 Å². The van der Waals surface area contributed by atoms with Crippen molar-refractivity contribution >= 4 is 34.7 Å². The molecule has 6 nitrogen and oxygen atoms in total. The maximum atomic E-state index is 13.8. The van der Waals surface area contributed by atoms with Crippen molar-refractivity contribution in [3.63, 3.8) is 0 Å². The average molecular weight is 514 g/mol. The van der Waals surface area contributed by atoms with Crippen molar-refractivity contribution in [3.05, 3.63) is 27.5 Å². The Balaban J connectivity index is 1.99. The van der Waals surface area contributed by atoms with Crippen molar-refractivity contribution in [3.8, 4) is 11.8 Å². The minimum absolute atomic E-state index is 0.00912. The second-order valence-electron chi connectivity index (χ2n) is 11.2. The van der Waals surface area contributed by atoms with Gasteiger partial charge in [-0.3, -0.25) is 9.59 Å². The highest BCUT2D eigenvalue weighted by Gasteiger charge is 2.34. The van der Waals surface area contributed by atoms with Crippen LogP contribution in [-0.2, 0) is 14.3 Å². The van der Waals surface area contributed by atoms with Crippen LogP contribution in [0.2, 0.25) is 0 Å². The molecule has 0 spiro atoms. The number of hydrogen-bond donors (Lipinski definition) is 1. The molecule has 1 aromatic rings. The van der Waals surface area contributed by atoms with E-state index in [4.69, 9.17) is 4.74 Å². The molecule has 1 aromatic heterocycles. The summed E-state index contributed by atoms with van der Waals surface area (Å²) < 4.78 is 5.58. The van der Waals surface area contributed by atoms with Crippen molar-refractivity contribution in [2.24, 2.45) is 23.2 Å². The van der Waals surface area contributed by atoms with Crippen LogP contribution >= 0.6 is 11.3 Å². The van der Waals surface area contributed by atoms with E-state index in [-0.39, 0.29) is 52.0 Å². The minimum Gasteiger partial charge on any atom is -0.477 e. The molecule has 1 saturated heterocycles. The summed E-state index contributed by atoms with van der Waals surface area (Å²) in [7, 11) is 0. The molecule has 1 amide bonds. The molecule has 3 unspecified atom stereocenters. The monoisotopic (exact) mass is 513 g/mol. The summed E-state index contributed by atoms with van der Waals surface area (Å²) >= 11 is 1.06. The number of thiophene rings is 1. The highest BCUT2D eigenvalue weighted by atomic mass is 32.1. The van der Waals surface area contributed by atoms with E-state index in [2.05, 4.69) is 31.8 Å². The lowest BCUT2D eigenvalue weighted by Gasteiger charge is -2.31. The van der Waals surface area contributed by atoms with Crippen molar-refractivity contribution in [2.45, 2.75) is 73.1 Å². The lowest BCUT2D eigenvalue weighted by atomic mass is 9.83. The first-order valence-electron chi connectivity index (χ1n) is 12.9. The van der Waals surface area contributed by atoms with Crippen LogP contribution < -0.4 is 4.90 Å². The van der Waals surface area contributed by atoms with Gasteiger partial charge in [0, 0.05) is 30.5 Å². The number of amides is 1. The molecule has 0 aromatic carbocycles. The summed E-state index contributed by atoms with van der Waals surface area (Å²) in [5.74, 6) is 4.62. The van der Waals surface area contributed by atoms with E-state index in [1.165, 1.54) is 10.5 Å². The molecule has 3 atom stereocenters. The lowest BCUT2D eigenvalue weighted by Crippen LogP contribution is -2.43. The molecule has 2 heterocycles. The minimum atomic E-state index is -1.11. The topological polar surface area (TPSA) is 83.9 Å². The third-order valence-corrected chi connectivity index (χ3v) is 7.97. The van der Waals surface area contributed by atoms with Gasteiger partial charge in [0.1, 0.15) is 4.88 Å². The molecule has 0 bridgehead atoms. The van der Waals surface area contributed by atoms with Gasteiger partial charge in [0.2, 0.25) is 5.91 Å². The average Bonchev–Trinajstić information content (AvgIpc) is 3.23. The third kappa shape index (κ3) is 7.54. The van der Waals surface area contributed by atoms with Gasteiger partial charge in [-0.1, -0.05) is 30.4 Å². The third-order valence-electron chi connectivity index (χ3n) is 6.95. The SMILES string of the molecule is CC1=CCC(C(=O)N(CC(=O)C2CCCOCCC2C)c2cc(C#CC(C)(C)C)sc2C(=O)O)CC1. The smallest absolute Gasteiger partial charge is 0.348 e. The fraction of sp³-hybridized carbons (Fsp3) is 0.621. The summed E-state index contributed by atoms with van der Waals surface area (Å²) in [5.41, 5.74) is 1.30. The maximum absolute atomic E-state index is 13.8. The number of carboxylic acids is 1. The van der Waals surface area contributed by atoms with Crippen LogP contribution in [0.15, 0.2) is 17.7 Å². The molecule has 7 heteroatoms. The number of ketones is 1. The number of anilines is 1. The number of nitrogens with zero attached hydrogens (tertiary/aromatic N) is 1. The highest BCUT2D eigenvalue weighted by molar-refractivity contribution is 7.15. The molecular weight excluding hydrogens is 474 g/mol. The summed E-state index contributed by atoms with van der Waals surface area (Å²) in [4.78, 5) is 41.8. The molecule has 2 aliphatic rings. The molecule has 1 aliphatic carbocycles.